The fourth-order valence-electron chi connectivity index (χ4n) is 1.92. The molecule has 0 aliphatic heterocycles. The molecule has 0 bridgehead atoms. The van der Waals surface area contributed by atoms with Crippen LogP contribution in [0.2, 0.25) is 0 Å². The summed E-state index contributed by atoms with van der Waals surface area (Å²) >= 11 is 0. The topological polar surface area (TPSA) is 64.3 Å². The van der Waals surface area contributed by atoms with Crippen molar-refractivity contribution in [3.63, 3.8) is 0 Å². The second-order valence-corrected chi connectivity index (χ2v) is 5.56. The van der Waals surface area contributed by atoms with E-state index in [2.05, 4.69) is 12.2 Å². The second-order valence-electron chi connectivity index (χ2n) is 5.56. The average Bonchev–Trinajstić information content (AvgIpc) is 2.46. The van der Waals surface area contributed by atoms with E-state index in [1.807, 2.05) is 31.2 Å². The smallest absolute Gasteiger partial charge is 0.260 e. The maximum absolute atomic E-state index is 11.8. The summed E-state index contributed by atoms with van der Waals surface area (Å²) in [5.41, 5.74) is 6.99. The number of rotatable bonds is 9. The number of benzene rings is 1. The van der Waals surface area contributed by atoms with E-state index in [0.29, 0.717) is 6.54 Å². The van der Waals surface area contributed by atoms with E-state index < -0.39 is 6.10 Å². The first-order chi connectivity index (χ1) is 10.0. The predicted octanol–water partition coefficient (Wildman–Crippen LogP) is 2.65. The number of nitrogens with one attached hydrogen (secondary N) is 1. The van der Waals surface area contributed by atoms with E-state index in [-0.39, 0.29) is 11.9 Å². The zero-order valence-electron chi connectivity index (χ0n) is 13.4. The Balaban J connectivity index is 2.41. The summed E-state index contributed by atoms with van der Waals surface area (Å²) in [4.78, 5) is 11.8. The third kappa shape index (κ3) is 7.14. The van der Waals surface area contributed by atoms with Gasteiger partial charge in [-0.2, -0.15) is 0 Å². The number of aryl methyl sites for hydroxylation is 1. The van der Waals surface area contributed by atoms with Gasteiger partial charge in [-0.3, -0.25) is 4.79 Å². The van der Waals surface area contributed by atoms with Crippen molar-refractivity contribution in [2.75, 3.05) is 6.54 Å². The lowest BCUT2D eigenvalue weighted by Gasteiger charge is -2.15. The highest BCUT2D eigenvalue weighted by molar-refractivity contribution is 5.80. The molecular weight excluding hydrogens is 264 g/mol. The lowest BCUT2D eigenvalue weighted by molar-refractivity contribution is -0.127. The van der Waals surface area contributed by atoms with Crippen LogP contribution in [0.3, 0.4) is 0 Å². The van der Waals surface area contributed by atoms with Crippen LogP contribution in [-0.4, -0.2) is 24.6 Å². The number of hydrogen-bond donors (Lipinski definition) is 2. The van der Waals surface area contributed by atoms with Gasteiger partial charge < -0.3 is 15.8 Å². The molecule has 0 saturated heterocycles. The molecule has 4 nitrogen and oxygen atoms in total. The molecule has 0 radical (unpaired) electrons. The van der Waals surface area contributed by atoms with Gasteiger partial charge in [-0.1, -0.05) is 25.5 Å². The Labute approximate surface area is 128 Å². The van der Waals surface area contributed by atoms with Gasteiger partial charge in [0.15, 0.2) is 6.10 Å². The Hall–Kier alpha value is -1.55. The maximum Gasteiger partial charge on any atom is 0.260 e. The van der Waals surface area contributed by atoms with Crippen molar-refractivity contribution in [2.45, 2.75) is 58.6 Å². The highest BCUT2D eigenvalue weighted by Crippen LogP contribution is 2.15. The number of amides is 1. The van der Waals surface area contributed by atoms with Gasteiger partial charge in [0.25, 0.3) is 5.91 Å². The zero-order chi connectivity index (χ0) is 15.7. The Morgan fingerprint density at radius 2 is 1.95 bits per heavy atom. The lowest BCUT2D eigenvalue weighted by Crippen LogP contribution is -2.36. The molecule has 3 N–H and O–H groups in total. The van der Waals surface area contributed by atoms with Crippen molar-refractivity contribution < 1.29 is 9.53 Å². The monoisotopic (exact) mass is 292 g/mol. The van der Waals surface area contributed by atoms with Gasteiger partial charge in [-0.05, 0) is 50.8 Å². The van der Waals surface area contributed by atoms with E-state index in [0.717, 1.165) is 31.4 Å². The molecular formula is C17H28N2O2. The summed E-state index contributed by atoms with van der Waals surface area (Å²) in [6, 6.07) is 8.09. The molecule has 0 heterocycles. The standard InChI is InChI=1S/C17H28N2O2/c1-4-5-12-19-17(20)14(3)21-16-10-8-15(9-11-16)7-6-13(2)18/h8-11,13-14H,4-7,12,18H2,1-3H3,(H,19,20). The fraction of sp³-hybridized carbons (Fsp3) is 0.588. The number of carbonyl (C=O) groups excluding carboxylic acids is 1. The van der Waals surface area contributed by atoms with Gasteiger partial charge >= 0.3 is 0 Å². The first-order valence-corrected chi connectivity index (χ1v) is 7.81. The van der Waals surface area contributed by atoms with Crippen molar-refractivity contribution in [3.8, 4) is 5.75 Å². The number of nitrogens with two attached hydrogens (primary N) is 1. The van der Waals surface area contributed by atoms with E-state index in [1.165, 1.54) is 5.56 Å². The molecule has 4 heteroatoms. The van der Waals surface area contributed by atoms with Crippen molar-refractivity contribution in [3.05, 3.63) is 29.8 Å². The molecule has 1 aromatic carbocycles. The summed E-state index contributed by atoms with van der Waals surface area (Å²) in [6.07, 6.45) is 3.52. The molecule has 21 heavy (non-hydrogen) atoms. The average molecular weight is 292 g/mol. The van der Waals surface area contributed by atoms with Crippen molar-refractivity contribution in [2.24, 2.45) is 5.73 Å². The van der Waals surface area contributed by atoms with E-state index in [1.54, 1.807) is 6.92 Å². The Bertz CT molecular complexity index is 415. The van der Waals surface area contributed by atoms with Gasteiger partial charge in [0.1, 0.15) is 5.75 Å². The molecule has 0 spiro atoms. The third-order valence-corrected chi connectivity index (χ3v) is 3.32. The van der Waals surface area contributed by atoms with Crippen LogP contribution in [0.15, 0.2) is 24.3 Å². The van der Waals surface area contributed by atoms with E-state index in [4.69, 9.17) is 10.5 Å². The lowest BCUT2D eigenvalue weighted by atomic mass is 10.1. The Kier molecular flexibility index (Phi) is 7.83. The maximum atomic E-state index is 11.8. The largest absolute Gasteiger partial charge is 0.481 e. The van der Waals surface area contributed by atoms with Crippen LogP contribution in [0.25, 0.3) is 0 Å². The Morgan fingerprint density at radius 1 is 1.29 bits per heavy atom. The minimum Gasteiger partial charge on any atom is -0.481 e. The van der Waals surface area contributed by atoms with Crippen molar-refractivity contribution >= 4 is 5.91 Å². The first-order valence-electron chi connectivity index (χ1n) is 7.81. The molecule has 1 aromatic rings. The minimum absolute atomic E-state index is 0.0653. The Morgan fingerprint density at radius 3 is 2.52 bits per heavy atom. The fourth-order valence-corrected chi connectivity index (χ4v) is 1.92. The molecule has 0 aliphatic rings. The van der Waals surface area contributed by atoms with Crippen LogP contribution >= 0.6 is 0 Å². The summed E-state index contributed by atoms with van der Waals surface area (Å²) in [5.74, 6) is 0.655. The minimum atomic E-state index is -0.475. The summed E-state index contributed by atoms with van der Waals surface area (Å²) in [6.45, 7) is 6.58. The molecule has 1 amide bonds. The van der Waals surface area contributed by atoms with Crippen molar-refractivity contribution in [1.82, 2.24) is 5.32 Å². The third-order valence-electron chi connectivity index (χ3n) is 3.32. The summed E-state index contributed by atoms with van der Waals surface area (Å²) in [7, 11) is 0. The van der Waals surface area contributed by atoms with Crippen molar-refractivity contribution in [1.29, 1.82) is 0 Å². The normalized spacial score (nSPS) is 13.5. The number of ether oxygens (including phenoxy) is 1. The molecule has 0 aromatic heterocycles. The summed E-state index contributed by atoms with van der Waals surface area (Å²) in [5, 5.41) is 2.87. The van der Waals surface area contributed by atoms with Crippen LogP contribution in [0, 0.1) is 0 Å². The molecule has 118 valence electrons. The van der Waals surface area contributed by atoms with Gasteiger partial charge in [0, 0.05) is 12.6 Å². The van der Waals surface area contributed by atoms with Gasteiger partial charge in [0.05, 0.1) is 0 Å². The SMILES string of the molecule is CCCCNC(=O)C(C)Oc1ccc(CCC(C)N)cc1. The van der Waals surface area contributed by atoms with Crippen LogP contribution in [-0.2, 0) is 11.2 Å². The van der Waals surface area contributed by atoms with Gasteiger partial charge in [-0.15, -0.1) is 0 Å². The first kappa shape index (κ1) is 17.5. The van der Waals surface area contributed by atoms with Gasteiger partial charge in [0.2, 0.25) is 0 Å². The molecule has 0 fully saturated rings. The van der Waals surface area contributed by atoms with E-state index in [9.17, 15) is 4.79 Å². The van der Waals surface area contributed by atoms with Crippen LogP contribution < -0.4 is 15.8 Å². The second kappa shape index (κ2) is 9.40. The zero-order valence-corrected chi connectivity index (χ0v) is 13.4. The van der Waals surface area contributed by atoms with Gasteiger partial charge in [-0.25, -0.2) is 0 Å². The molecule has 0 aliphatic carbocycles. The van der Waals surface area contributed by atoms with Crippen LogP contribution in [0.1, 0.15) is 45.6 Å². The molecule has 2 atom stereocenters. The highest BCUT2D eigenvalue weighted by atomic mass is 16.5. The number of unbranched alkanes of at least 4 members (excludes halogenated alkanes) is 1. The van der Waals surface area contributed by atoms with E-state index >= 15 is 0 Å². The quantitative estimate of drug-likeness (QED) is 0.688. The predicted molar refractivity (Wildman–Crippen MR) is 86.4 cm³/mol. The molecule has 2 unspecified atom stereocenters. The molecule has 0 saturated carbocycles. The molecule has 1 rings (SSSR count). The summed E-state index contributed by atoms with van der Waals surface area (Å²) < 4.78 is 5.65. The highest BCUT2D eigenvalue weighted by Gasteiger charge is 2.13. The van der Waals surface area contributed by atoms with Crippen LogP contribution in [0.5, 0.6) is 5.75 Å². The van der Waals surface area contributed by atoms with Crippen LogP contribution in [0.4, 0.5) is 0 Å². The number of carbonyl (C=O) groups is 1. The number of hydrogen-bond acceptors (Lipinski definition) is 3.